The molecule has 0 fully saturated rings. The van der Waals surface area contributed by atoms with Crippen molar-refractivity contribution in [1.82, 2.24) is 14.8 Å². The zero-order valence-corrected chi connectivity index (χ0v) is 11.1. The van der Waals surface area contributed by atoms with Crippen LogP contribution in [0.5, 0.6) is 0 Å². The molecule has 0 atom stereocenters. The Bertz CT molecular complexity index is 895. The molecule has 3 aromatic rings. The number of carboxylic acids is 1. The molecule has 0 saturated heterocycles. The second-order valence-electron chi connectivity index (χ2n) is 4.52. The van der Waals surface area contributed by atoms with Gasteiger partial charge in [0.25, 0.3) is 5.56 Å². The van der Waals surface area contributed by atoms with E-state index in [2.05, 4.69) is 10.2 Å². The Balaban J connectivity index is 2.23. The Hall–Kier alpha value is -2.96. The standard InChI is InChI=1S/C14H11N3O4/c1-8-15-16-12(21-8)7-17-11-5-3-2-4-9(11)10(14(19)20)6-13(17)18/h2-6H,7H2,1H3,(H,19,20). The number of para-hydroxylation sites is 1. The van der Waals surface area contributed by atoms with Crippen LogP contribution in [0, 0.1) is 6.92 Å². The lowest BCUT2D eigenvalue weighted by molar-refractivity contribution is 0.0698. The molecule has 7 nitrogen and oxygen atoms in total. The highest BCUT2D eigenvalue weighted by Crippen LogP contribution is 2.17. The van der Waals surface area contributed by atoms with Gasteiger partial charge in [-0.25, -0.2) is 4.79 Å². The molecule has 0 unspecified atom stereocenters. The molecule has 0 bridgehead atoms. The molecule has 0 saturated carbocycles. The lowest BCUT2D eigenvalue weighted by Gasteiger charge is -2.09. The Labute approximate surface area is 118 Å². The average Bonchev–Trinajstić information content (AvgIpc) is 2.87. The highest BCUT2D eigenvalue weighted by molar-refractivity contribution is 6.02. The summed E-state index contributed by atoms with van der Waals surface area (Å²) in [6.07, 6.45) is 0. The van der Waals surface area contributed by atoms with Gasteiger partial charge in [0.15, 0.2) is 0 Å². The monoisotopic (exact) mass is 285 g/mol. The number of rotatable bonds is 3. The smallest absolute Gasteiger partial charge is 0.336 e. The van der Waals surface area contributed by atoms with Gasteiger partial charge in [-0.15, -0.1) is 10.2 Å². The summed E-state index contributed by atoms with van der Waals surface area (Å²) in [7, 11) is 0. The van der Waals surface area contributed by atoms with E-state index >= 15 is 0 Å². The topological polar surface area (TPSA) is 98.2 Å². The summed E-state index contributed by atoms with van der Waals surface area (Å²) in [4.78, 5) is 23.4. The fourth-order valence-corrected chi connectivity index (χ4v) is 2.21. The van der Waals surface area contributed by atoms with Crippen LogP contribution in [0.15, 0.2) is 39.5 Å². The molecule has 0 aliphatic rings. The average molecular weight is 285 g/mol. The number of hydrogen-bond donors (Lipinski definition) is 1. The molecule has 0 aliphatic heterocycles. The van der Waals surface area contributed by atoms with Crippen LogP contribution in [-0.2, 0) is 6.54 Å². The highest BCUT2D eigenvalue weighted by Gasteiger charge is 2.15. The lowest BCUT2D eigenvalue weighted by atomic mass is 10.1. The van der Waals surface area contributed by atoms with Crippen molar-refractivity contribution in [1.29, 1.82) is 0 Å². The van der Waals surface area contributed by atoms with Gasteiger partial charge < -0.3 is 9.52 Å². The number of fused-ring (bicyclic) bond motifs is 1. The van der Waals surface area contributed by atoms with Crippen LogP contribution in [0.2, 0.25) is 0 Å². The third-order valence-electron chi connectivity index (χ3n) is 3.11. The van der Waals surface area contributed by atoms with E-state index in [1.165, 1.54) is 4.57 Å². The van der Waals surface area contributed by atoms with Gasteiger partial charge in [-0.3, -0.25) is 9.36 Å². The van der Waals surface area contributed by atoms with E-state index in [1.54, 1.807) is 31.2 Å². The van der Waals surface area contributed by atoms with Crippen LogP contribution in [0.4, 0.5) is 0 Å². The molecular weight excluding hydrogens is 274 g/mol. The molecule has 1 aromatic carbocycles. The molecule has 21 heavy (non-hydrogen) atoms. The first-order valence-corrected chi connectivity index (χ1v) is 6.21. The van der Waals surface area contributed by atoms with Crippen LogP contribution < -0.4 is 5.56 Å². The van der Waals surface area contributed by atoms with Crippen molar-refractivity contribution >= 4 is 16.9 Å². The van der Waals surface area contributed by atoms with E-state index in [0.717, 1.165) is 6.07 Å². The predicted molar refractivity (Wildman–Crippen MR) is 73.3 cm³/mol. The minimum Gasteiger partial charge on any atom is -0.478 e. The van der Waals surface area contributed by atoms with Crippen molar-refractivity contribution in [3.8, 4) is 0 Å². The van der Waals surface area contributed by atoms with Gasteiger partial charge in [0.2, 0.25) is 11.8 Å². The lowest BCUT2D eigenvalue weighted by Crippen LogP contribution is -2.22. The third-order valence-corrected chi connectivity index (χ3v) is 3.11. The van der Waals surface area contributed by atoms with Crippen LogP contribution in [0.1, 0.15) is 22.1 Å². The number of pyridine rings is 1. The minimum atomic E-state index is -1.14. The summed E-state index contributed by atoms with van der Waals surface area (Å²) in [5.41, 5.74) is 0.0637. The van der Waals surface area contributed by atoms with Crippen molar-refractivity contribution in [2.45, 2.75) is 13.5 Å². The second-order valence-corrected chi connectivity index (χ2v) is 4.52. The van der Waals surface area contributed by atoms with Crippen molar-refractivity contribution < 1.29 is 14.3 Å². The predicted octanol–water partition coefficient (Wildman–Crippen LogP) is 1.44. The van der Waals surface area contributed by atoms with Crippen molar-refractivity contribution in [2.24, 2.45) is 0 Å². The number of carboxylic acid groups (broad SMARTS) is 1. The second kappa shape index (κ2) is 4.86. The maximum Gasteiger partial charge on any atom is 0.336 e. The number of carbonyl (C=O) groups is 1. The van der Waals surface area contributed by atoms with Crippen LogP contribution in [0.25, 0.3) is 10.9 Å². The van der Waals surface area contributed by atoms with Crippen molar-refractivity contribution in [3.05, 3.63) is 58.0 Å². The number of nitrogens with zero attached hydrogens (tertiary/aromatic N) is 3. The Morgan fingerprint density at radius 2 is 2.10 bits per heavy atom. The summed E-state index contributed by atoms with van der Waals surface area (Å²) in [5, 5.41) is 17.3. The van der Waals surface area contributed by atoms with E-state index < -0.39 is 11.5 Å². The molecule has 0 aliphatic carbocycles. The normalized spacial score (nSPS) is 10.9. The molecule has 2 aromatic heterocycles. The molecular formula is C14H11N3O4. The van der Waals surface area contributed by atoms with E-state index in [1.807, 2.05) is 0 Å². The number of aryl methyl sites for hydroxylation is 1. The quantitative estimate of drug-likeness (QED) is 0.781. The summed E-state index contributed by atoms with van der Waals surface area (Å²) in [5.74, 6) is -0.434. The molecule has 3 rings (SSSR count). The van der Waals surface area contributed by atoms with Crippen molar-refractivity contribution in [2.75, 3.05) is 0 Å². The van der Waals surface area contributed by atoms with E-state index in [0.29, 0.717) is 22.7 Å². The van der Waals surface area contributed by atoms with Gasteiger partial charge >= 0.3 is 5.97 Å². The van der Waals surface area contributed by atoms with E-state index in [4.69, 9.17) is 4.42 Å². The third kappa shape index (κ3) is 2.29. The summed E-state index contributed by atoms with van der Waals surface area (Å²) in [6.45, 7) is 1.75. The van der Waals surface area contributed by atoms with Gasteiger partial charge in [-0.05, 0) is 6.07 Å². The van der Waals surface area contributed by atoms with Gasteiger partial charge in [0.05, 0.1) is 11.1 Å². The maximum absolute atomic E-state index is 12.2. The van der Waals surface area contributed by atoms with Gasteiger partial charge in [-0.2, -0.15) is 0 Å². The molecule has 0 spiro atoms. The first-order valence-electron chi connectivity index (χ1n) is 6.21. The number of benzene rings is 1. The fourth-order valence-electron chi connectivity index (χ4n) is 2.21. The molecule has 106 valence electrons. The van der Waals surface area contributed by atoms with E-state index in [9.17, 15) is 14.7 Å². The Morgan fingerprint density at radius 1 is 1.33 bits per heavy atom. The van der Waals surface area contributed by atoms with Gasteiger partial charge in [0, 0.05) is 18.4 Å². The largest absolute Gasteiger partial charge is 0.478 e. The van der Waals surface area contributed by atoms with E-state index in [-0.39, 0.29) is 12.1 Å². The number of hydrogen-bond acceptors (Lipinski definition) is 5. The number of aromatic carboxylic acids is 1. The molecule has 7 heteroatoms. The fraction of sp³-hybridized carbons (Fsp3) is 0.143. The summed E-state index contributed by atoms with van der Waals surface area (Å²) >= 11 is 0. The highest BCUT2D eigenvalue weighted by atomic mass is 16.4. The zero-order valence-electron chi connectivity index (χ0n) is 11.1. The maximum atomic E-state index is 12.2. The first kappa shape index (κ1) is 13.0. The molecule has 0 amide bonds. The molecule has 1 N–H and O–H groups in total. The van der Waals surface area contributed by atoms with Crippen LogP contribution in [0.3, 0.4) is 0 Å². The number of aromatic nitrogens is 3. The van der Waals surface area contributed by atoms with Crippen LogP contribution in [-0.4, -0.2) is 25.8 Å². The molecule has 0 radical (unpaired) electrons. The SMILES string of the molecule is Cc1nnc(Cn2c(=O)cc(C(=O)O)c3ccccc32)o1. The van der Waals surface area contributed by atoms with Gasteiger partial charge in [0.1, 0.15) is 6.54 Å². The zero-order chi connectivity index (χ0) is 15.0. The summed E-state index contributed by atoms with van der Waals surface area (Å²) < 4.78 is 6.68. The van der Waals surface area contributed by atoms with Crippen molar-refractivity contribution in [3.63, 3.8) is 0 Å². The summed E-state index contributed by atoms with van der Waals surface area (Å²) in [6, 6.07) is 7.91. The first-order chi connectivity index (χ1) is 10.1. The van der Waals surface area contributed by atoms with Gasteiger partial charge in [-0.1, -0.05) is 18.2 Å². The minimum absolute atomic E-state index is 0.0199. The Kier molecular flexibility index (Phi) is 3.02. The Morgan fingerprint density at radius 3 is 2.76 bits per heavy atom. The van der Waals surface area contributed by atoms with Crippen LogP contribution >= 0.6 is 0 Å². The molecule has 2 heterocycles.